The van der Waals surface area contributed by atoms with E-state index in [1.165, 1.54) is 12.1 Å². The van der Waals surface area contributed by atoms with Crippen LogP contribution in [-0.2, 0) is 21.2 Å². The van der Waals surface area contributed by atoms with Crippen LogP contribution in [0.4, 0.5) is 5.69 Å². The summed E-state index contributed by atoms with van der Waals surface area (Å²) in [7, 11) is -3.57. The van der Waals surface area contributed by atoms with E-state index in [1.807, 2.05) is 12.1 Å². The first-order valence-electron chi connectivity index (χ1n) is 9.52. The Morgan fingerprint density at radius 2 is 1.93 bits per heavy atom. The Kier molecular flexibility index (Phi) is 5.90. The summed E-state index contributed by atoms with van der Waals surface area (Å²) in [5.74, 6) is 0.786. The average Bonchev–Trinajstić information content (AvgIpc) is 3.39. The van der Waals surface area contributed by atoms with Gasteiger partial charge in [0.25, 0.3) is 0 Å². The highest BCUT2D eigenvalue weighted by Gasteiger charge is 2.28. The lowest BCUT2D eigenvalue weighted by atomic mass is 10.2. The number of carbonyl (C=O) groups is 1. The molecule has 3 aromatic rings. The number of oxazole rings is 1. The van der Waals surface area contributed by atoms with E-state index in [-0.39, 0.29) is 23.3 Å². The Balaban J connectivity index is 1.34. The van der Waals surface area contributed by atoms with E-state index in [9.17, 15) is 13.2 Å². The summed E-state index contributed by atoms with van der Waals surface area (Å²) in [6, 6.07) is 13.4. The van der Waals surface area contributed by atoms with Crippen LogP contribution in [0, 0.1) is 0 Å². The number of anilines is 1. The molecule has 1 aliphatic rings. The zero-order valence-corrected chi connectivity index (χ0v) is 17.5. The van der Waals surface area contributed by atoms with Crippen molar-refractivity contribution in [3.63, 3.8) is 0 Å². The summed E-state index contributed by atoms with van der Waals surface area (Å²) >= 11 is 5.89. The molecule has 2 N–H and O–H groups in total. The molecule has 1 aromatic heterocycles. The molecule has 7 nitrogen and oxygen atoms in total. The van der Waals surface area contributed by atoms with Crippen molar-refractivity contribution in [3.05, 3.63) is 65.6 Å². The van der Waals surface area contributed by atoms with Crippen LogP contribution in [0.2, 0.25) is 5.02 Å². The number of amides is 1. The van der Waals surface area contributed by atoms with Crippen molar-refractivity contribution >= 4 is 33.2 Å². The van der Waals surface area contributed by atoms with Gasteiger partial charge in [-0.1, -0.05) is 17.7 Å². The minimum Gasteiger partial charge on any atom is -0.441 e. The molecule has 0 bridgehead atoms. The van der Waals surface area contributed by atoms with Crippen molar-refractivity contribution in [1.29, 1.82) is 0 Å². The van der Waals surface area contributed by atoms with Crippen molar-refractivity contribution < 1.29 is 17.6 Å². The fourth-order valence-electron chi connectivity index (χ4n) is 2.85. The molecule has 0 spiro atoms. The molecule has 0 atom stereocenters. The Bertz CT molecular complexity index is 1160. The van der Waals surface area contributed by atoms with Gasteiger partial charge in [-0.15, -0.1) is 0 Å². The van der Waals surface area contributed by atoms with Crippen molar-refractivity contribution in [2.45, 2.75) is 36.6 Å². The van der Waals surface area contributed by atoms with Gasteiger partial charge < -0.3 is 9.73 Å². The lowest BCUT2D eigenvalue weighted by Gasteiger charge is -2.08. The van der Waals surface area contributed by atoms with Crippen molar-refractivity contribution in [1.82, 2.24) is 9.71 Å². The third kappa shape index (κ3) is 5.27. The zero-order chi connectivity index (χ0) is 21.1. The van der Waals surface area contributed by atoms with Gasteiger partial charge in [-0.3, -0.25) is 4.79 Å². The fourth-order valence-corrected chi connectivity index (χ4v) is 4.32. The summed E-state index contributed by atoms with van der Waals surface area (Å²) in [5.41, 5.74) is 1.27. The average molecular weight is 446 g/mol. The van der Waals surface area contributed by atoms with Crippen LogP contribution in [-0.4, -0.2) is 25.4 Å². The van der Waals surface area contributed by atoms with E-state index in [0.717, 1.165) is 18.4 Å². The number of hydrogen-bond acceptors (Lipinski definition) is 5. The standard InChI is InChI=1S/C21H20ClN3O4S/c22-15-6-4-14(5-7-15)19-13-23-21(29-19)11-10-20(26)24-17-2-1-3-18(12-17)30(27,28)25-16-8-9-16/h1-7,12-13,16,25H,8-11H2,(H,24,26). The molecule has 1 saturated carbocycles. The zero-order valence-electron chi connectivity index (χ0n) is 16.0. The molecule has 1 heterocycles. The van der Waals surface area contributed by atoms with Crippen LogP contribution < -0.4 is 10.0 Å². The lowest BCUT2D eigenvalue weighted by molar-refractivity contribution is -0.116. The van der Waals surface area contributed by atoms with Gasteiger partial charge in [-0.05, 0) is 55.3 Å². The second kappa shape index (κ2) is 8.59. The maximum absolute atomic E-state index is 12.3. The van der Waals surface area contributed by atoms with E-state index in [0.29, 0.717) is 28.8 Å². The third-order valence-electron chi connectivity index (χ3n) is 4.58. The highest BCUT2D eigenvalue weighted by Crippen LogP contribution is 2.24. The maximum atomic E-state index is 12.3. The second-order valence-electron chi connectivity index (χ2n) is 7.10. The van der Waals surface area contributed by atoms with Crippen LogP contribution in [0.15, 0.2) is 64.0 Å². The molecule has 9 heteroatoms. The SMILES string of the molecule is O=C(CCc1ncc(-c2ccc(Cl)cc2)o1)Nc1cccc(S(=O)(=O)NC2CC2)c1. The first-order valence-corrected chi connectivity index (χ1v) is 11.4. The predicted octanol–water partition coefficient (Wildman–Crippen LogP) is 4.01. The molecule has 156 valence electrons. The van der Waals surface area contributed by atoms with Crippen molar-refractivity contribution in [2.24, 2.45) is 0 Å². The summed E-state index contributed by atoms with van der Waals surface area (Å²) in [6.45, 7) is 0. The molecule has 0 saturated heterocycles. The van der Waals surface area contributed by atoms with Crippen molar-refractivity contribution in [3.8, 4) is 11.3 Å². The Hall–Kier alpha value is -2.68. The first kappa shape index (κ1) is 20.6. The lowest BCUT2D eigenvalue weighted by Crippen LogP contribution is -2.25. The number of aryl methyl sites for hydroxylation is 1. The number of rotatable bonds is 8. The monoisotopic (exact) mass is 445 g/mol. The van der Waals surface area contributed by atoms with Gasteiger partial charge in [0.1, 0.15) is 0 Å². The largest absolute Gasteiger partial charge is 0.441 e. The van der Waals surface area contributed by atoms with Gasteiger partial charge in [0.15, 0.2) is 11.7 Å². The number of nitrogens with zero attached hydrogens (tertiary/aromatic N) is 1. The highest BCUT2D eigenvalue weighted by molar-refractivity contribution is 7.89. The highest BCUT2D eigenvalue weighted by atomic mass is 35.5. The number of halogens is 1. The molecule has 1 amide bonds. The molecule has 30 heavy (non-hydrogen) atoms. The minimum atomic E-state index is -3.57. The molecule has 1 aliphatic carbocycles. The fraction of sp³-hybridized carbons (Fsp3) is 0.238. The van der Waals surface area contributed by atoms with E-state index in [4.69, 9.17) is 16.0 Å². The summed E-state index contributed by atoms with van der Waals surface area (Å²) in [6.07, 6.45) is 3.79. The van der Waals surface area contributed by atoms with E-state index < -0.39 is 10.0 Å². The number of aromatic nitrogens is 1. The summed E-state index contributed by atoms with van der Waals surface area (Å²) < 4.78 is 33.0. The summed E-state index contributed by atoms with van der Waals surface area (Å²) in [4.78, 5) is 16.6. The van der Waals surface area contributed by atoms with Gasteiger partial charge in [-0.25, -0.2) is 18.1 Å². The number of sulfonamides is 1. The number of hydrogen-bond donors (Lipinski definition) is 2. The maximum Gasteiger partial charge on any atom is 0.240 e. The minimum absolute atomic E-state index is 0.0202. The van der Waals surface area contributed by atoms with Gasteiger partial charge in [0.05, 0.1) is 11.1 Å². The Morgan fingerprint density at radius 3 is 2.67 bits per heavy atom. The summed E-state index contributed by atoms with van der Waals surface area (Å²) in [5, 5.41) is 3.36. The molecule has 4 rings (SSSR count). The van der Waals surface area contributed by atoms with E-state index in [2.05, 4.69) is 15.0 Å². The van der Waals surface area contributed by atoms with Gasteiger partial charge in [0.2, 0.25) is 15.9 Å². The normalized spacial score (nSPS) is 13.9. The van der Waals surface area contributed by atoms with Gasteiger partial charge >= 0.3 is 0 Å². The number of nitrogens with one attached hydrogen (secondary N) is 2. The predicted molar refractivity (Wildman–Crippen MR) is 114 cm³/mol. The molecule has 0 unspecified atom stereocenters. The van der Waals surface area contributed by atoms with Crippen LogP contribution >= 0.6 is 11.6 Å². The Labute approximate surface area is 179 Å². The van der Waals surface area contributed by atoms with Gasteiger partial charge in [-0.2, -0.15) is 0 Å². The van der Waals surface area contributed by atoms with Crippen LogP contribution in [0.3, 0.4) is 0 Å². The molecule has 2 aromatic carbocycles. The molecule has 0 radical (unpaired) electrons. The number of benzene rings is 2. The van der Waals surface area contributed by atoms with E-state index in [1.54, 1.807) is 30.5 Å². The molecular formula is C21H20ClN3O4S. The Morgan fingerprint density at radius 1 is 1.17 bits per heavy atom. The van der Waals surface area contributed by atoms with E-state index >= 15 is 0 Å². The van der Waals surface area contributed by atoms with Gasteiger partial charge in [0, 0.05) is 35.2 Å². The smallest absolute Gasteiger partial charge is 0.240 e. The first-order chi connectivity index (χ1) is 14.4. The number of carbonyl (C=O) groups excluding carboxylic acids is 1. The van der Waals surface area contributed by atoms with Crippen LogP contribution in [0.1, 0.15) is 25.2 Å². The third-order valence-corrected chi connectivity index (χ3v) is 6.35. The molecule has 1 fully saturated rings. The van der Waals surface area contributed by atoms with Crippen molar-refractivity contribution in [2.75, 3.05) is 5.32 Å². The second-order valence-corrected chi connectivity index (χ2v) is 9.25. The quantitative estimate of drug-likeness (QED) is 0.545. The molecular weight excluding hydrogens is 426 g/mol. The van der Waals surface area contributed by atoms with Crippen LogP contribution in [0.25, 0.3) is 11.3 Å². The van der Waals surface area contributed by atoms with Crippen LogP contribution in [0.5, 0.6) is 0 Å². The topological polar surface area (TPSA) is 101 Å². The molecule has 0 aliphatic heterocycles.